The van der Waals surface area contributed by atoms with E-state index in [9.17, 15) is 25.5 Å². The van der Waals surface area contributed by atoms with Crippen molar-refractivity contribution in [1.82, 2.24) is 0 Å². The largest absolute Gasteiger partial charge is 0.491 e. The molecule has 0 amide bonds. The summed E-state index contributed by atoms with van der Waals surface area (Å²) >= 11 is 0. The molecule has 5 N–H and O–H groups in total. The van der Waals surface area contributed by atoms with Gasteiger partial charge in [0.05, 0.1) is 0 Å². The molecule has 16 aliphatic heterocycles. The first-order valence-electron chi connectivity index (χ1n) is 36.0. The molecule has 0 saturated carbocycles. The Bertz CT molecular complexity index is 3390. The van der Waals surface area contributed by atoms with Crippen LogP contribution >= 0.6 is 0 Å². The predicted molar refractivity (Wildman–Crippen MR) is 410 cm³/mol. The molecule has 15 nitrogen and oxygen atoms in total. The van der Waals surface area contributed by atoms with E-state index in [2.05, 4.69) is 69.2 Å². The summed E-state index contributed by atoms with van der Waals surface area (Å²) in [6, 6.07) is 78.8. The van der Waals surface area contributed by atoms with Gasteiger partial charge in [0.1, 0.15) is 154 Å². The average molecular weight is 1420 g/mol. The van der Waals surface area contributed by atoms with Crippen molar-refractivity contribution in [3.63, 3.8) is 0 Å². The van der Waals surface area contributed by atoms with Crippen LogP contribution in [0.15, 0.2) is 243 Å². The van der Waals surface area contributed by atoms with Gasteiger partial charge in [0, 0.05) is 27.1 Å². The van der Waals surface area contributed by atoms with Gasteiger partial charge in [-0.3, -0.25) is 0 Å². The third-order valence-electron chi connectivity index (χ3n) is 20.2. The van der Waals surface area contributed by atoms with Crippen LogP contribution in [0, 0.1) is 0 Å². The molecule has 15 heteroatoms. The van der Waals surface area contributed by atoms with Crippen LogP contribution in [0.4, 0.5) is 0 Å². The van der Waals surface area contributed by atoms with Crippen LogP contribution in [0.5, 0.6) is 57.5 Å². The van der Waals surface area contributed by atoms with E-state index in [-0.39, 0.29) is 93.1 Å². The summed E-state index contributed by atoms with van der Waals surface area (Å²) in [5.41, 5.74) is 9.06. The molecule has 0 fully saturated rings. The highest BCUT2D eigenvalue weighted by Gasteiger charge is 2.29. The van der Waals surface area contributed by atoms with E-state index in [0.29, 0.717) is 57.5 Å². The smallest absolute Gasteiger partial charge is 0.122 e. The first kappa shape index (κ1) is 76.1. The summed E-state index contributed by atoms with van der Waals surface area (Å²) in [4.78, 5) is 0. The molecule has 16 heterocycles. The Kier molecular flexibility index (Phi) is 24.5. The van der Waals surface area contributed by atoms with Gasteiger partial charge in [-0.1, -0.05) is 191 Å². The second-order valence-corrected chi connectivity index (χ2v) is 29.7. The number of benzene rings is 10. The molecule has 0 unspecified atom stereocenters. The van der Waals surface area contributed by atoms with E-state index < -0.39 is 30.5 Å². The maximum atomic E-state index is 10.9. The number of rotatable bonds is 0. The van der Waals surface area contributed by atoms with Crippen LogP contribution in [0.25, 0.3) is 0 Å². The Morgan fingerprint density at radius 1 is 0.162 bits per heavy atom. The van der Waals surface area contributed by atoms with Crippen molar-refractivity contribution in [2.75, 3.05) is 66.1 Å². The number of hydrogen-bond donors (Lipinski definition) is 5. The second kappa shape index (κ2) is 33.8. The maximum Gasteiger partial charge on any atom is 0.122 e. The zero-order chi connectivity index (χ0) is 74.4. The monoisotopic (exact) mass is 1420 g/mol. The standard InChI is InChI=1S/C90H100O15/c1-86(2)61-11-31-76(32-12-61)96-51-71(91)53-98-78-35-15-63(16-36-78)87(3,4)65-19-39-80(40-20-65)100-55-73(93)57-102-82-43-23-67(24-44-82)89(7,8)69-27-47-84(48-28-69)104-59-75(95)60-105-85-49-29-70(30-50-85)90(9,10)68-25-45-83(46-26-68)103-58-74(94)56-101-81-41-21-66(22-42-81)88(5,6)64-17-37-79(38-18-64)99-54-72(92)52-97-77-33-13-62(86)14-34-77/h11-50,71-75,91-95H,51-60H2,1-10H3. The lowest BCUT2D eigenvalue weighted by atomic mass is 9.78. The molecule has 26 rings (SSSR count). The predicted octanol–water partition coefficient (Wildman–Crippen LogP) is 15.7. The fourth-order valence-corrected chi connectivity index (χ4v) is 12.7. The highest BCUT2D eigenvalue weighted by molar-refractivity contribution is 5.48. The quantitative estimate of drug-likeness (QED) is 0.0962. The molecule has 0 radical (unpaired) electrons. The molecule has 0 aliphatic carbocycles. The molecular weight excluding hydrogens is 1320 g/mol. The minimum atomic E-state index is -0.868. The Balaban J connectivity index is 0.691. The summed E-state index contributed by atoms with van der Waals surface area (Å²) in [7, 11) is 0. The number of hydrogen-bond acceptors (Lipinski definition) is 15. The first-order valence-corrected chi connectivity index (χ1v) is 36.0. The van der Waals surface area contributed by atoms with Crippen molar-refractivity contribution in [1.29, 1.82) is 0 Å². The lowest BCUT2D eigenvalue weighted by molar-refractivity contribution is 0.0626. The molecule has 10 aromatic carbocycles. The molecule has 20 bridgehead atoms. The lowest BCUT2D eigenvalue weighted by Gasteiger charge is -2.27. The van der Waals surface area contributed by atoms with Crippen molar-refractivity contribution < 1.29 is 72.9 Å². The van der Waals surface area contributed by atoms with Gasteiger partial charge in [0.25, 0.3) is 0 Å². The maximum absolute atomic E-state index is 10.9. The number of aliphatic hydroxyl groups excluding tert-OH is 5. The summed E-state index contributed by atoms with van der Waals surface area (Å²) in [5.74, 6) is 6.33. The summed E-state index contributed by atoms with van der Waals surface area (Å²) in [5, 5.41) is 54.4. The number of aliphatic hydroxyl groups is 5. The van der Waals surface area contributed by atoms with Crippen molar-refractivity contribution in [3.8, 4) is 57.5 Å². The van der Waals surface area contributed by atoms with E-state index in [1.807, 2.05) is 243 Å². The van der Waals surface area contributed by atoms with Gasteiger partial charge in [-0.05, 0) is 177 Å². The lowest BCUT2D eigenvalue weighted by Crippen LogP contribution is -2.25. The zero-order valence-corrected chi connectivity index (χ0v) is 61.9. The van der Waals surface area contributed by atoms with Crippen LogP contribution in [-0.2, 0) is 27.1 Å². The Labute approximate surface area is 618 Å². The van der Waals surface area contributed by atoms with E-state index in [0.717, 1.165) is 55.6 Å². The molecule has 0 spiro atoms. The van der Waals surface area contributed by atoms with Crippen LogP contribution < -0.4 is 47.4 Å². The minimum absolute atomic E-state index is 0.0527. The molecule has 16 aliphatic rings. The van der Waals surface area contributed by atoms with Gasteiger partial charge >= 0.3 is 0 Å². The average Bonchev–Trinajstić information content (AvgIpc) is 0.833. The third kappa shape index (κ3) is 19.9. The van der Waals surface area contributed by atoms with Gasteiger partial charge in [0.2, 0.25) is 0 Å². The highest BCUT2D eigenvalue weighted by Crippen LogP contribution is 2.39. The Morgan fingerprint density at radius 2 is 0.238 bits per heavy atom. The van der Waals surface area contributed by atoms with Crippen molar-refractivity contribution in [2.24, 2.45) is 0 Å². The fourth-order valence-electron chi connectivity index (χ4n) is 12.7. The summed E-state index contributed by atoms with van der Waals surface area (Å²) < 4.78 is 59.9. The van der Waals surface area contributed by atoms with Crippen molar-refractivity contribution >= 4 is 0 Å². The molecular formula is C90H100O15. The molecule has 105 heavy (non-hydrogen) atoms. The van der Waals surface area contributed by atoms with Crippen LogP contribution in [0.3, 0.4) is 0 Å². The third-order valence-corrected chi connectivity index (χ3v) is 20.2. The summed E-state index contributed by atoms with van der Waals surface area (Å²) in [6.07, 6.45) is -4.34. The molecule has 0 saturated heterocycles. The molecule has 0 aromatic heterocycles. The minimum Gasteiger partial charge on any atom is -0.491 e. The van der Waals surface area contributed by atoms with Crippen LogP contribution in [-0.4, -0.2) is 122 Å². The number of ether oxygens (including phenoxy) is 10. The molecule has 550 valence electrons. The SMILES string of the molecule is CC1(C)c2ccc(cc2)OCC(O)COc2ccc(cc2)C(C)(C)c2ccc(cc2)OCC(O)COc2ccc(cc2)C(C)(C)c2ccc(cc2)OCC(O)COc2ccc(cc2)C(C)(C)c2ccc(cc2)OCC(O)COc2ccc(cc2)C(C)(C)c2ccc(cc2)OCC(O)COc2ccc1cc2. The van der Waals surface area contributed by atoms with Crippen LogP contribution in [0.2, 0.25) is 0 Å². The van der Waals surface area contributed by atoms with Crippen molar-refractivity contribution in [3.05, 3.63) is 298 Å². The second-order valence-electron chi connectivity index (χ2n) is 29.7. The Hall–Kier alpha value is -10.0. The molecule has 10 aromatic rings. The van der Waals surface area contributed by atoms with Gasteiger partial charge < -0.3 is 72.9 Å². The van der Waals surface area contributed by atoms with Crippen LogP contribution in [0.1, 0.15) is 125 Å². The molecule has 0 atom stereocenters. The zero-order valence-electron chi connectivity index (χ0n) is 61.9. The fraction of sp³-hybridized carbons (Fsp3) is 0.333. The van der Waals surface area contributed by atoms with Gasteiger partial charge in [-0.25, -0.2) is 0 Å². The van der Waals surface area contributed by atoms with Gasteiger partial charge in [-0.15, -0.1) is 0 Å². The van der Waals surface area contributed by atoms with Crippen molar-refractivity contribution in [2.45, 2.75) is 127 Å². The summed E-state index contributed by atoms with van der Waals surface area (Å²) in [6.45, 7) is 22.1. The topological polar surface area (TPSA) is 193 Å². The van der Waals surface area contributed by atoms with E-state index in [1.54, 1.807) is 0 Å². The van der Waals surface area contributed by atoms with E-state index in [1.165, 1.54) is 0 Å². The van der Waals surface area contributed by atoms with E-state index in [4.69, 9.17) is 47.4 Å². The van der Waals surface area contributed by atoms with Gasteiger partial charge in [-0.2, -0.15) is 0 Å². The highest BCUT2D eigenvalue weighted by atomic mass is 16.5. The first-order chi connectivity index (χ1) is 50.3. The van der Waals surface area contributed by atoms with E-state index >= 15 is 0 Å². The normalized spacial score (nSPS) is 20.4. The van der Waals surface area contributed by atoms with Gasteiger partial charge in [0.15, 0.2) is 0 Å². The Morgan fingerprint density at radius 3 is 0.314 bits per heavy atom.